The molecule has 0 radical (unpaired) electrons. The predicted molar refractivity (Wildman–Crippen MR) is 66.8 cm³/mol. The largest absolute Gasteiger partial charge is 0.309 e. The summed E-state index contributed by atoms with van der Waals surface area (Å²) in [5.74, 6) is 1.60. The van der Waals surface area contributed by atoms with Crippen molar-refractivity contribution in [2.45, 2.75) is 27.7 Å². The third kappa shape index (κ3) is 22.7. The minimum Gasteiger partial charge on any atom is -0.309 e. The maximum absolute atomic E-state index is 2.22. The van der Waals surface area contributed by atoms with Crippen LogP contribution < -0.4 is 0 Å². The van der Waals surface area contributed by atoms with Crippen LogP contribution in [-0.2, 0) is 0 Å². The molecule has 0 unspecified atom stereocenters. The highest BCUT2D eigenvalue weighted by Gasteiger charge is 1.92. The van der Waals surface area contributed by atoms with Gasteiger partial charge in [0.25, 0.3) is 0 Å². The van der Waals surface area contributed by atoms with E-state index in [-0.39, 0.29) is 0 Å². The van der Waals surface area contributed by atoms with Crippen LogP contribution in [0.15, 0.2) is 0 Å². The number of rotatable bonds is 4. The fourth-order valence-corrected chi connectivity index (χ4v) is 1.46. The molecule has 0 fully saturated rings. The second kappa shape index (κ2) is 9.47. The van der Waals surface area contributed by atoms with E-state index in [0.29, 0.717) is 0 Å². The van der Waals surface area contributed by atoms with Crippen LogP contribution in [0.2, 0.25) is 0 Å². The van der Waals surface area contributed by atoms with Crippen LogP contribution in [0.3, 0.4) is 0 Å². The minimum absolute atomic E-state index is 0.801. The van der Waals surface area contributed by atoms with Crippen molar-refractivity contribution in [1.29, 1.82) is 0 Å². The third-order valence-electron chi connectivity index (χ3n) is 1.46. The van der Waals surface area contributed by atoms with Crippen LogP contribution in [0.25, 0.3) is 0 Å². The molecule has 2 heteroatoms. The van der Waals surface area contributed by atoms with Gasteiger partial charge in [-0.1, -0.05) is 27.7 Å². The summed E-state index contributed by atoms with van der Waals surface area (Å²) < 4.78 is 0. The van der Waals surface area contributed by atoms with Crippen molar-refractivity contribution >= 4 is 0 Å². The number of hydrogen-bond acceptors (Lipinski definition) is 2. The molecular weight excluding hydrogens is 172 g/mol. The Morgan fingerprint density at radius 2 is 0.857 bits per heavy atom. The zero-order valence-corrected chi connectivity index (χ0v) is 11.5. The summed E-state index contributed by atoms with van der Waals surface area (Å²) in [5.41, 5.74) is 0. The van der Waals surface area contributed by atoms with Crippen molar-refractivity contribution in [1.82, 2.24) is 9.80 Å². The lowest BCUT2D eigenvalue weighted by molar-refractivity contribution is 0.354. The average Bonchev–Trinajstić information content (AvgIpc) is 1.79. The zero-order chi connectivity index (χ0) is 11.7. The van der Waals surface area contributed by atoms with Crippen molar-refractivity contribution in [2.75, 3.05) is 41.3 Å². The van der Waals surface area contributed by atoms with Crippen LogP contribution >= 0.6 is 0 Å². The van der Waals surface area contributed by atoms with Crippen LogP contribution in [-0.4, -0.2) is 51.1 Å². The second-order valence-electron chi connectivity index (χ2n) is 5.31. The highest BCUT2D eigenvalue weighted by molar-refractivity contribution is 4.46. The Labute approximate surface area is 91.3 Å². The van der Waals surface area contributed by atoms with Crippen molar-refractivity contribution in [3.05, 3.63) is 0 Å². The molecule has 0 saturated carbocycles. The summed E-state index contributed by atoms with van der Waals surface area (Å²) in [6.07, 6.45) is 0. The fourth-order valence-electron chi connectivity index (χ4n) is 1.46. The summed E-state index contributed by atoms with van der Waals surface area (Å²) in [7, 11) is 8.39. The lowest BCUT2D eigenvalue weighted by atomic mass is 10.2. The van der Waals surface area contributed by atoms with Gasteiger partial charge in [-0.25, -0.2) is 0 Å². The van der Waals surface area contributed by atoms with E-state index >= 15 is 0 Å². The minimum atomic E-state index is 0.801. The quantitative estimate of drug-likeness (QED) is 0.691. The van der Waals surface area contributed by atoms with Gasteiger partial charge in [0.15, 0.2) is 0 Å². The zero-order valence-electron chi connectivity index (χ0n) is 11.5. The van der Waals surface area contributed by atoms with Crippen molar-refractivity contribution in [3.8, 4) is 0 Å². The van der Waals surface area contributed by atoms with Crippen LogP contribution in [0.1, 0.15) is 27.7 Å². The topological polar surface area (TPSA) is 6.48 Å². The summed E-state index contributed by atoms with van der Waals surface area (Å²) in [6.45, 7) is 11.3. The third-order valence-corrected chi connectivity index (χ3v) is 1.46. The molecule has 0 aromatic carbocycles. The summed E-state index contributed by atoms with van der Waals surface area (Å²) in [4.78, 5) is 4.40. The van der Waals surface area contributed by atoms with Gasteiger partial charge >= 0.3 is 0 Å². The molecule has 0 heterocycles. The van der Waals surface area contributed by atoms with E-state index in [4.69, 9.17) is 0 Å². The Morgan fingerprint density at radius 1 is 0.643 bits per heavy atom. The van der Waals surface area contributed by atoms with E-state index in [1.807, 2.05) is 0 Å². The molecule has 0 atom stereocenters. The van der Waals surface area contributed by atoms with E-state index in [1.54, 1.807) is 0 Å². The van der Waals surface area contributed by atoms with Gasteiger partial charge in [0.1, 0.15) is 0 Å². The molecule has 0 aromatic heterocycles. The van der Waals surface area contributed by atoms with Crippen molar-refractivity contribution < 1.29 is 0 Å². The van der Waals surface area contributed by atoms with Gasteiger partial charge in [0, 0.05) is 0 Å². The van der Waals surface area contributed by atoms with E-state index < -0.39 is 0 Å². The van der Waals surface area contributed by atoms with Gasteiger partial charge < -0.3 is 9.80 Å². The fraction of sp³-hybridized carbons (Fsp3) is 1.00. The van der Waals surface area contributed by atoms with Gasteiger partial charge in [-0.2, -0.15) is 0 Å². The summed E-state index contributed by atoms with van der Waals surface area (Å²) >= 11 is 0. The molecule has 0 N–H and O–H groups in total. The molecule has 0 aromatic rings. The van der Waals surface area contributed by atoms with Crippen LogP contribution in [0.5, 0.6) is 0 Å². The van der Waals surface area contributed by atoms with Crippen molar-refractivity contribution in [3.63, 3.8) is 0 Å². The highest BCUT2D eigenvalue weighted by Crippen LogP contribution is 1.91. The first-order chi connectivity index (χ1) is 6.25. The van der Waals surface area contributed by atoms with E-state index in [9.17, 15) is 0 Å². The molecule has 0 aliphatic rings. The van der Waals surface area contributed by atoms with Crippen molar-refractivity contribution in [2.24, 2.45) is 11.8 Å². The Kier molecular flexibility index (Phi) is 11.1. The maximum Gasteiger partial charge on any atom is -0.000172 e. The number of nitrogens with zero attached hydrogens (tertiary/aromatic N) is 2. The van der Waals surface area contributed by atoms with Gasteiger partial charge in [-0.3, -0.25) is 0 Å². The molecule has 2 nitrogen and oxygen atoms in total. The molecule has 0 bridgehead atoms. The van der Waals surface area contributed by atoms with Gasteiger partial charge in [0.05, 0.1) is 0 Å². The van der Waals surface area contributed by atoms with Gasteiger partial charge in [-0.05, 0) is 53.1 Å². The molecule has 0 amide bonds. The first-order valence-electron chi connectivity index (χ1n) is 5.55. The maximum atomic E-state index is 2.22. The Balaban J connectivity index is 0. The molecule has 88 valence electrons. The number of hydrogen-bond donors (Lipinski definition) is 0. The second-order valence-corrected chi connectivity index (χ2v) is 5.31. The monoisotopic (exact) mass is 202 g/mol. The summed E-state index contributed by atoms with van der Waals surface area (Å²) in [6, 6.07) is 0. The SMILES string of the molecule is CC(C)CN(C)C.CC(C)CN(C)C. The van der Waals surface area contributed by atoms with Crippen LogP contribution in [0.4, 0.5) is 0 Å². The average molecular weight is 202 g/mol. The molecule has 0 spiro atoms. The molecule has 0 aliphatic heterocycles. The lowest BCUT2D eigenvalue weighted by Crippen LogP contribution is -2.17. The lowest BCUT2D eigenvalue weighted by Gasteiger charge is -2.10. The van der Waals surface area contributed by atoms with E-state index in [1.165, 1.54) is 13.1 Å². The molecular formula is C12H30N2. The Bertz CT molecular complexity index is 80.9. The van der Waals surface area contributed by atoms with E-state index in [2.05, 4.69) is 65.7 Å². The first kappa shape index (κ1) is 16.4. The first-order valence-corrected chi connectivity index (χ1v) is 5.55. The molecule has 0 rings (SSSR count). The normalized spacial score (nSPS) is 11.1. The van der Waals surface area contributed by atoms with E-state index in [0.717, 1.165) is 11.8 Å². The molecule has 14 heavy (non-hydrogen) atoms. The molecule has 0 saturated heterocycles. The van der Waals surface area contributed by atoms with Gasteiger partial charge in [0.2, 0.25) is 0 Å². The predicted octanol–water partition coefficient (Wildman–Crippen LogP) is 2.41. The Morgan fingerprint density at radius 3 is 0.857 bits per heavy atom. The molecule has 0 aliphatic carbocycles. The van der Waals surface area contributed by atoms with Crippen LogP contribution in [0, 0.1) is 11.8 Å². The Hall–Kier alpha value is -0.0800. The smallest absolute Gasteiger partial charge is 0.000172 e. The standard InChI is InChI=1S/2C6H15N/c2*1-6(2)5-7(3)4/h2*6H,5H2,1-4H3. The summed E-state index contributed by atoms with van der Waals surface area (Å²) in [5, 5.41) is 0. The van der Waals surface area contributed by atoms with Gasteiger partial charge in [-0.15, -0.1) is 0 Å². The highest BCUT2D eigenvalue weighted by atomic mass is 15.1.